The van der Waals surface area contributed by atoms with Gasteiger partial charge >= 0.3 is 12.1 Å². The Balaban J connectivity index is 0.000000262. The highest BCUT2D eigenvalue weighted by Gasteiger charge is 2.36. The second-order valence-electron chi connectivity index (χ2n) is 4.19. The first kappa shape index (κ1) is 13.7. The molecule has 0 aromatic heterocycles. The molecule has 1 rings (SSSR count). The van der Waals surface area contributed by atoms with Crippen LogP contribution < -0.4 is 0 Å². The van der Waals surface area contributed by atoms with Gasteiger partial charge in [-0.2, -0.15) is 0 Å². The summed E-state index contributed by atoms with van der Waals surface area (Å²) in [5, 5.41) is 8.03. The zero-order valence-electron chi connectivity index (χ0n) is 9.57. The first-order valence-corrected chi connectivity index (χ1v) is 4.88. The van der Waals surface area contributed by atoms with Crippen LogP contribution in [-0.2, 0) is 14.3 Å². The predicted molar refractivity (Wildman–Crippen MR) is 53.7 cm³/mol. The zero-order valence-corrected chi connectivity index (χ0v) is 9.57. The largest absolute Gasteiger partial charge is 0.506 e. The highest BCUT2D eigenvalue weighted by molar-refractivity contribution is 5.87. The molecule has 0 aliphatic carbocycles. The van der Waals surface area contributed by atoms with Crippen molar-refractivity contribution in [2.24, 2.45) is 0 Å². The maximum absolute atomic E-state index is 10.1. The average molecular weight is 218 g/mol. The quantitative estimate of drug-likeness (QED) is 0.568. The molecule has 0 spiro atoms. The number of ether oxygens (including phenoxy) is 2. The van der Waals surface area contributed by atoms with Crippen molar-refractivity contribution in [1.29, 1.82) is 0 Å². The molecule has 1 fully saturated rings. The molecule has 1 aliphatic rings. The van der Waals surface area contributed by atoms with Crippen molar-refractivity contribution >= 4 is 12.1 Å². The van der Waals surface area contributed by atoms with Crippen molar-refractivity contribution in [2.75, 3.05) is 0 Å². The Morgan fingerprint density at radius 2 is 2.00 bits per heavy atom. The van der Waals surface area contributed by atoms with Crippen LogP contribution in [-0.4, -0.2) is 28.9 Å². The Hall–Kier alpha value is -1.26. The van der Waals surface area contributed by atoms with E-state index in [4.69, 9.17) is 5.11 Å². The second kappa shape index (κ2) is 5.58. The molecule has 0 saturated carbocycles. The van der Waals surface area contributed by atoms with Crippen LogP contribution in [0.1, 0.15) is 40.5 Å². The van der Waals surface area contributed by atoms with Gasteiger partial charge in [0.2, 0.25) is 0 Å². The van der Waals surface area contributed by atoms with Crippen molar-refractivity contribution in [3.8, 4) is 0 Å². The zero-order chi connectivity index (χ0) is 12.1. The normalized spacial score (nSPS) is 18.4. The van der Waals surface area contributed by atoms with Crippen molar-refractivity contribution in [3.05, 3.63) is 0 Å². The third-order valence-electron chi connectivity index (χ3n) is 1.41. The first-order valence-electron chi connectivity index (χ1n) is 4.88. The summed E-state index contributed by atoms with van der Waals surface area (Å²) < 4.78 is 8.87. The number of carboxylic acid groups (broad SMARTS) is 1. The Labute approximate surface area is 89.4 Å². The van der Waals surface area contributed by atoms with Gasteiger partial charge in [-0.05, 0) is 27.2 Å². The minimum absolute atomic E-state index is 0.0231. The fourth-order valence-corrected chi connectivity index (χ4v) is 0.807. The van der Waals surface area contributed by atoms with Gasteiger partial charge in [0, 0.05) is 0 Å². The van der Waals surface area contributed by atoms with Gasteiger partial charge in [-0.15, -0.1) is 0 Å². The van der Waals surface area contributed by atoms with Crippen molar-refractivity contribution in [1.82, 2.24) is 0 Å². The number of hydrogen-bond acceptors (Lipinski definition) is 4. The highest BCUT2D eigenvalue weighted by Crippen LogP contribution is 2.16. The molecule has 1 aliphatic heterocycles. The van der Waals surface area contributed by atoms with Crippen molar-refractivity contribution in [2.45, 2.75) is 52.2 Å². The van der Waals surface area contributed by atoms with E-state index in [9.17, 15) is 9.59 Å². The van der Waals surface area contributed by atoms with Gasteiger partial charge in [-0.3, -0.25) is 0 Å². The van der Waals surface area contributed by atoms with E-state index in [0.717, 1.165) is 12.8 Å². The highest BCUT2D eigenvalue weighted by atomic mass is 16.7. The van der Waals surface area contributed by atoms with Gasteiger partial charge in [0.15, 0.2) is 6.10 Å². The van der Waals surface area contributed by atoms with Crippen LogP contribution in [0.3, 0.4) is 0 Å². The molecule has 5 nitrogen and oxygen atoms in total. The fraction of sp³-hybridized carbons (Fsp3) is 0.800. The summed E-state index contributed by atoms with van der Waals surface area (Å²) in [6, 6.07) is 0. The predicted octanol–water partition coefficient (Wildman–Crippen LogP) is 2.19. The van der Waals surface area contributed by atoms with E-state index in [2.05, 4.69) is 9.47 Å². The fourth-order valence-electron chi connectivity index (χ4n) is 0.807. The van der Waals surface area contributed by atoms with Crippen molar-refractivity contribution < 1.29 is 24.2 Å². The van der Waals surface area contributed by atoms with E-state index in [-0.39, 0.29) is 12.1 Å². The summed E-state index contributed by atoms with van der Waals surface area (Å²) in [6.07, 6.45) is 0.692. The molecule has 0 amide bonds. The van der Waals surface area contributed by atoms with E-state index >= 15 is 0 Å². The number of hydrogen-bond donors (Lipinski definition) is 1. The molecule has 1 heterocycles. The van der Waals surface area contributed by atoms with E-state index in [1.54, 1.807) is 20.8 Å². The summed E-state index contributed by atoms with van der Waals surface area (Å²) in [6.45, 7) is 7.08. The lowest BCUT2D eigenvalue weighted by molar-refractivity contribution is -0.117. The average Bonchev–Trinajstić information content (AvgIpc) is 2.62. The Morgan fingerprint density at radius 1 is 1.53 bits per heavy atom. The lowest BCUT2D eigenvalue weighted by Crippen LogP contribution is -2.22. The van der Waals surface area contributed by atoms with Crippen LogP contribution in [0, 0.1) is 0 Å². The second-order valence-corrected chi connectivity index (χ2v) is 4.19. The third-order valence-corrected chi connectivity index (χ3v) is 1.41. The summed E-state index contributed by atoms with van der Waals surface area (Å²) >= 11 is 0. The molecule has 88 valence electrons. The van der Waals surface area contributed by atoms with Crippen LogP contribution in [0.2, 0.25) is 0 Å². The Kier molecular flexibility index (Phi) is 5.11. The lowest BCUT2D eigenvalue weighted by atomic mass is 10.2. The molecular formula is C10H18O5. The van der Waals surface area contributed by atoms with Gasteiger partial charge in [0.1, 0.15) is 5.60 Å². The molecule has 1 unspecified atom stereocenters. The maximum atomic E-state index is 10.1. The van der Waals surface area contributed by atoms with Crippen LogP contribution in [0.5, 0.6) is 0 Å². The van der Waals surface area contributed by atoms with Gasteiger partial charge in [-0.1, -0.05) is 13.3 Å². The molecule has 0 radical (unpaired) electrons. The SMILES string of the molecule is CC(C)(C)OC(=O)O.CCCC1OC1=O. The van der Waals surface area contributed by atoms with Crippen LogP contribution >= 0.6 is 0 Å². The van der Waals surface area contributed by atoms with Crippen LogP contribution in [0.15, 0.2) is 0 Å². The number of cyclic esters (lactones) is 1. The molecular weight excluding hydrogens is 200 g/mol. The Morgan fingerprint density at radius 3 is 2.07 bits per heavy atom. The molecule has 5 heteroatoms. The van der Waals surface area contributed by atoms with Gasteiger partial charge in [-0.25, -0.2) is 9.59 Å². The van der Waals surface area contributed by atoms with E-state index < -0.39 is 11.8 Å². The minimum Gasteiger partial charge on any atom is -0.450 e. The van der Waals surface area contributed by atoms with Crippen LogP contribution in [0.4, 0.5) is 4.79 Å². The molecule has 15 heavy (non-hydrogen) atoms. The standard InChI is InChI=1S/C5H10O3.C5H8O2/c1-5(2,3)8-4(6)7;1-2-3-4-5(6)7-4/h1-3H3,(H,6,7);4H,2-3H2,1H3. The third kappa shape index (κ3) is 9.05. The van der Waals surface area contributed by atoms with Gasteiger partial charge in [0.05, 0.1) is 0 Å². The lowest BCUT2D eigenvalue weighted by Gasteiger charge is -2.15. The summed E-state index contributed by atoms with van der Waals surface area (Å²) in [7, 11) is 0. The van der Waals surface area contributed by atoms with E-state index in [0.29, 0.717) is 0 Å². The van der Waals surface area contributed by atoms with Gasteiger partial charge < -0.3 is 14.6 Å². The topological polar surface area (TPSA) is 76.1 Å². The maximum Gasteiger partial charge on any atom is 0.506 e. The van der Waals surface area contributed by atoms with E-state index in [1.807, 2.05) is 6.92 Å². The van der Waals surface area contributed by atoms with Crippen LogP contribution in [0.25, 0.3) is 0 Å². The molecule has 0 aromatic rings. The van der Waals surface area contributed by atoms with Crippen molar-refractivity contribution in [3.63, 3.8) is 0 Å². The number of carbonyl (C=O) groups is 2. The summed E-state index contributed by atoms with van der Waals surface area (Å²) in [5.41, 5.74) is -0.578. The first-order chi connectivity index (χ1) is 6.76. The summed E-state index contributed by atoms with van der Waals surface area (Å²) in [5.74, 6) is -0.0261. The molecule has 1 N–H and O–H groups in total. The molecule has 1 atom stereocenters. The number of epoxide rings is 1. The number of rotatable bonds is 2. The Bertz CT molecular complexity index is 228. The smallest absolute Gasteiger partial charge is 0.450 e. The number of carbonyl (C=O) groups excluding carboxylic acids is 1. The van der Waals surface area contributed by atoms with Gasteiger partial charge in [0.25, 0.3) is 0 Å². The minimum atomic E-state index is -1.22. The monoisotopic (exact) mass is 218 g/mol. The molecule has 0 aromatic carbocycles. The summed E-state index contributed by atoms with van der Waals surface area (Å²) in [4.78, 5) is 19.8. The molecule has 1 saturated heterocycles. The molecule has 0 bridgehead atoms. The van der Waals surface area contributed by atoms with E-state index in [1.165, 1.54) is 0 Å².